The van der Waals surface area contributed by atoms with Crippen LogP contribution in [-0.4, -0.2) is 37.3 Å². The summed E-state index contributed by atoms with van der Waals surface area (Å²) >= 11 is 0. The third kappa shape index (κ3) is 2.59. The Morgan fingerprint density at radius 3 is 2.43 bits per heavy atom. The van der Waals surface area contributed by atoms with Crippen LogP contribution in [0.25, 0.3) is 10.4 Å². The van der Waals surface area contributed by atoms with Gasteiger partial charge in [0, 0.05) is 16.9 Å². The second kappa shape index (κ2) is 4.14. The van der Waals surface area contributed by atoms with E-state index in [-0.39, 0.29) is 13.2 Å². The van der Waals surface area contributed by atoms with Gasteiger partial charge in [-0.2, -0.15) is 0 Å². The summed E-state index contributed by atoms with van der Waals surface area (Å²) in [6.07, 6.45) is 0. The van der Waals surface area contributed by atoms with E-state index in [9.17, 15) is 5.11 Å². The molecule has 0 unspecified atom stereocenters. The topological polar surface area (TPSA) is 87.5 Å². The first-order valence-electron chi connectivity index (χ1n) is 4.43. The van der Waals surface area contributed by atoms with Crippen molar-refractivity contribution < 1.29 is 14.6 Å². The van der Waals surface area contributed by atoms with Gasteiger partial charge in [0.1, 0.15) is 0 Å². The maximum atomic E-state index is 9.20. The summed E-state index contributed by atoms with van der Waals surface area (Å²) in [5.74, 6) is -0.616. The molecule has 0 amide bonds. The molecule has 0 radical (unpaired) electrons. The number of aliphatic hydroxyl groups is 1. The van der Waals surface area contributed by atoms with Gasteiger partial charge >= 0.3 is 0 Å². The number of hydrogen-bond donors (Lipinski definition) is 1. The number of ether oxygens (including phenoxy) is 2. The average Bonchev–Trinajstić information content (AvgIpc) is 2.18. The Morgan fingerprint density at radius 1 is 1.43 bits per heavy atom. The summed E-state index contributed by atoms with van der Waals surface area (Å²) in [5.41, 5.74) is 7.62. The number of aliphatic hydroxyl groups excluding tert-OH is 1. The van der Waals surface area contributed by atoms with Gasteiger partial charge < -0.3 is 14.6 Å². The minimum Gasteiger partial charge on any atom is -0.396 e. The largest absolute Gasteiger partial charge is 0.396 e. The quantitative estimate of drug-likeness (QED) is 0.420. The van der Waals surface area contributed by atoms with Crippen molar-refractivity contribution in [2.75, 3.05) is 26.4 Å². The first-order valence-corrected chi connectivity index (χ1v) is 4.43. The molecule has 80 valence electrons. The van der Waals surface area contributed by atoms with Gasteiger partial charge in [0.15, 0.2) is 5.79 Å². The molecule has 0 aliphatic carbocycles. The van der Waals surface area contributed by atoms with Crippen LogP contribution in [-0.2, 0) is 9.47 Å². The highest BCUT2D eigenvalue weighted by Crippen LogP contribution is 2.29. The fourth-order valence-electron chi connectivity index (χ4n) is 1.15. The summed E-state index contributed by atoms with van der Waals surface area (Å²) in [7, 11) is 0. The lowest BCUT2D eigenvalue weighted by atomic mass is 9.90. The van der Waals surface area contributed by atoms with Gasteiger partial charge in [0.25, 0.3) is 0 Å². The van der Waals surface area contributed by atoms with Crippen molar-refractivity contribution in [3.63, 3.8) is 0 Å². The van der Waals surface area contributed by atoms with Gasteiger partial charge in [-0.15, -0.1) is 0 Å². The third-order valence-electron chi connectivity index (χ3n) is 2.26. The van der Waals surface area contributed by atoms with Crippen LogP contribution in [0.3, 0.4) is 0 Å². The van der Waals surface area contributed by atoms with Crippen molar-refractivity contribution in [3.8, 4) is 0 Å². The fraction of sp³-hybridized carbons (Fsp3) is 1.00. The van der Waals surface area contributed by atoms with Crippen molar-refractivity contribution >= 4 is 0 Å². The summed E-state index contributed by atoms with van der Waals surface area (Å²) in [4.78, 5) is 2.66. The van der Waals surface area contributed by atoms with Gasteiger partial charge in [-0.3, -0.25) is 0 Å². The Hall–Kier alpha value is -0.810. The number of nitrogens with zero attached hydrogens (tertiary/aromatic N) is 3. The minimum absolute atomic E-state index is 0.109. The minimum atomic E-state index is -0.616. The van der Waals surface area contributed by atoms with Crippen molar-refractivity contribution in [1.82, 2.24) is 0 Å². The summed E-state index contributed by atoms with van der Waals surface area (Å²) in [5, 5.41) is 12.6. The molecule has 6 nitrogen and oxygen atoms in total. The molecule has 1 saturated heterocycles. The van der Waals surface area contributed by atoms with Gasteiger partial charge in [0.2, 0.25) is 0 Å². The Labute approximate surface area is 82.4 Å². The normalized spacial score (nSPS) is 23.9. The number of azide groups is 1. The molecule has 1 N–H and O–H groups in total. The zero-order chi connectivity index (χ0) is 10.7. The molecular formula is C8H15N3O3. The van der Waals surface area contributed by atoms with E-state index in [4.69, 9.17) is 15.0 Å². The zero-order valence-corrected chi connectivity index (χ0v) is 8.43. The fourth-order valence-corrected chi connectivity index (χ4v) is 1.15. The molecule has 0 aromatic rings. The van der Waals surface area contributed by atoms with E-state index in [1.807, 2.05) is 13.8 Å². The highest BCUT2D eigenvalue weighted by molar-refractivity contribution is 4.85. The zero-order valence-electron chi connectivity index (χ0n) is 8.43. The molecule has 0 spiro atoms. The van der Waals surface area contributed by atoms with Gasteiger partial charge in [-0.25, -0.2) is 0 Å². The molecule has 0 atom stereocenters. The second-order valence-electron chi connectivity index (χ2n) is 4.02. The summed E-state index contributed by atoms with van der Waals surface area (Å²) in [6, 6.07) is 0. The van der Waals surface area contributed by atoms with E-state index in [2.05, 4.69) is 10.0 Å². The molecule has 0 saturated carbocycles. The highest BCUT2D eigenvalue weighted by Gasteiger charge is 2.39. The molecule has 0 aromatic heterocycles. The van der Waals surface area contributed by atoms with E-state index in [1.54, 1.807) is 0 Å². The molecule has 1 aliphatic heterocycles. The Bertz CT molecular complexity index is 238. The molecule has 0 bridgehead atoms. The second-order valence-corrected chi connectivity index (χ2v) is 4.02. The van der Waals surface area contributed by atoms with E-state index in [0.717, 1.165) is 0 Å². The maximum Gasteiger partial charge on any atom is 0.162 e. The molecule has 1 aliphatic rings. The van der Waals surface area contributed by atoms with Crippen LogP contribution in [0.5, 0.6) is 0 Å². The van der Waals surface area contributed by atoms with Crippen molar-refractivity contribution in [3.05, 3.63) is 10.4 Å². The lowest BCUT2D eigenvalue weighted by Crippen LogP contribution is -2.50. The molecule has 1 fully saturated rings. The SMILES string of the molecule is CC1(C)OCC(CO)(CN=[N+]=[N-])CO1. The lowest BCUT2D eigenvalue weighted by Gasteiger charge is -2.41. The summed E-state index contributed by atoms with van der Waals surface area (Å²) in [6.45, 7) is 4.38. The first-order chi connectivity index (χ1) is 6.54. The standard InChI is InChI=1S/C8H15N3O3/c1-7(2)13-5-8(4-12,6-14-7)3-10-11-9/h12H,3-6H2,1-2H3. The average molecular weight is 201 g/mol. The predicted octanol–water partition coefficient (Wildman–Crippen LogP) is 1.06. The maximum absolute atomic E-state index is 9.20. The van der Waals surface area contributed by atoms with Crippen molar-refractivity contribution in [2.45, 2.75) is 19.6 Å². The van der Waals surface area contributed by atoms with Crippen LogP contribution in [0, 0.1) is 5.41 Å². The van der Waals surface area contributed by atoms with Crippen LogP contribution >= 0.6 is 0 Å². The Balaban J connectivity index is 2.61. The van der Waals surface area contributed by atoms with Gasteiger partial charge in [0.05, 0.1) is 19.8 Å². The van der Waals surface area contributed by atoms with E-state index >= 15 is 0 Å². The third-order valence-corrected chi connectivity index (χ3v) is 2.26. The van der Waals surface area contributed by atoms with Gasteiger partial charge in [-0.1, -0.05) is 5.11 Å². The number of rotatable bonds is 3. The highest BCUT2D eigenvalue weighted by atomic mass is 16.7. The summed E-state index contributed by atoms with van der Waals surface area (Å²) < 4.78 is 10.8. The van der Waals surface area contributed by atoms with E-state index in [1.165, 1.54) is 0 Å². The number of hydrogen-bond acceptors (Lipinski definition) is 4. The van der Waals surface area contributed by atoms with E-state index in [0.29, 0.717) is 13.2 Å². The Morgan fingerprint density at radius 2 is 2.00 bits per heavy atom. The van der Waals surface area contributed by atoms with Crippen molar-refractivity contribution in [2.24, 2.45) is 10.5 Å². The van der Waals surface area contributed by atoms with E-state index < -0.39 is 11.2 Å². The predicted molar refractivity (Wildman–Crippen MR) is 49.5 cm³/mol. The molecule has 0 aromatic carbocycles. The van der Waals surface area contributed by atoms with Crippen LogP contribution < -0.4 is 0 Å². The molecule has 14 heavy (non-hydrogen) atoms. The van der Waals surface area contributed by atoms with Crippen LogP contribution in [0.1, 0.15) is 13.8 Å². The van der Waals surface area contributed by atoms with Crippen LogP contribution in [0.15, 0.2) is 5.11 Å². The lowest BCUT2D eigenvalue weighted by molar-refractivity contribution is -0.288. The van der Waals surface area contributed by atoms with Crippen molar-refractivity contribution in [1.29, 1.82) is 0 Å². The van der Waals surface area contributed by atoms with Crippen LogP contribution in [0.4, 0.5) is 0 Å². The molecule has 6 heteroatoms. The van der Waals surface area contributed by atoms with Gasteiger partial charge in [-0.05, 0) is 19.4 Å². The smallest absolute Gasteiger partial charge is 0.162 e. The first kappa shape index (κ1) is 11.3. The Kier molecular flexibility index (Phi) is 3.34. The molecule has 1 heterocycles. The molecular weight excluding hydrogens is 186 g/mol. The molecule has 1 rings (SSSR count). The monoisotopic (exact) mass is 201 g/mol. The van der Waals surface area contributed by atoms with Crippen LogP contribution in [0.2, 0.25) is 0 Å².